The highest BCUT2D eigenvalue weighted by molar-refractivity contribution is 5.87. The van der Waals surface area contributed by atoms with E-state index in [0.29, 0.717) is 38.1 Å². The maximum absolute atomic E-state index is 13.3. The largest absolute Gasteiger partial charge is 0.497 e. The summed E-state index contributed by atoms with van der Waals surface area (Å²) in [5.41, 5.74) is 1.91. The Labute approximate surface area is 183 Å². The standard InChI is InChI=1S/C24H30N2O5/c1-4-20(24(28)25-5-2)26(15-18-7-6-8-19(13-18)29-3)23(27)12-10-17-9-11-21-22(14-17)31-16-30-21/h6-9,11,13-14,20H,4-5,10,12,15-16H2,1-3H3,(H,25,28)/t20-/m1/s1. The van der Waals surface area contributed by atoms with Gasteiger partial charge in [0.2, 0.25) is 18.6 Å². The van der Waals surface area contributed by atoms with E-state index in [9.17, 15) is 9.59 Å². The van der Waals surface area contributed by atoms with E-state index >= 15 is 0 Å². The Kier molecular flexibility index (Phi) is 7.76. The lowest BCUT2D eigenvalue weighted by molar-refractivity contribution is -0.141. The van der Waals surface area contributed by atoms with Gasteiger partial charge in [0, 0.05) is 19.5 Å². The molecule has 1 heterocycles. The molecule has 0 aromatic heterocycles. The van der Waals surface area contributed by atoms with E-state index in [1.54, 1.807) is 12.0 Å². The minimum Gasteiger partial charge on any atom is -0.497 e. The van der Waals surface area contributed by atoms with Gasteiger partial charge >= 0.3 is 0 Å². The summed E-state index contributed by atoms with van der Waals surface area (Å²) in [7, 11) is 1.61. The molecule has 0 radical (unpaired) electrons. The number of benzene rings is 2. The highest BCUT2D eigenvalue weighted by Crippen LogP contribution is 2.32. The van der Waals surface area contributed by atoms with Gasteiger partial charge in [0.15, 0.2) is 11.5 Å². The van der Waals surface area contributed by atoms with Crippen LogP contribution in [0.15, 0.2) is 42.5 Å². The van der Waals surface area contributed by atoms with Gasteiger partial charge in [-0.05, 0) is 55.2 Å². The van der Waals surface area contributed by atoms with Gasteiger partial charge in [-0.1, -0.05) is 25.1 Å². The van der Waals surface area contributed by atoms with E-state index in [-0.39, 0.29) is 18.6 Å². The lowest BCUT2D eigenvalue weighted by Gasteiger charge is -2.30. The van der Waals surface area contributed by atoms with Crippen LogP contribution in [0.25, 0.3) is 0 Å². The van der Waals surface area contributed by atoms with Crippen molar-refractivity contribution in [2.24, 2.45) is 0 Å². The Morgan fingerprint density at radius 1 is 1.10 bits per heavy atom. The van der Waals surface area contributed by atoms with Crippen molar-refractivity contribution in [3.05, 3.63) is 53.6 Å². The fraction of sp³-hybridized carbons (Fsp3) is 0.417. The summed E-state index contributed by atoms with van der Waals surface area (Å²) in [6.07, 6.45) is 1.38. The number of nitrogens with zero attached hydrogens (tertiary/aromatic N) is 1. The van der Waals surface area contributed by atoms with Crippen LogP contribution in [0.2, 0.25) is 0 Å². The quantitative estimate of drug-likeness (QED) is 0.631. The first-order chi connectivity index (χ1) is 15.0. The van der Waals surface area contributed by atoms with Crippen LogP contribution < -0.4 is 19.5 Å². The van der Waals surface area contributed by atoms with Gasteiger partial charge in [0.05, 0.1) is 7.11 Å². The second kappa shape index (κ2) is 10.7. The molecular weight excluding hydrogens is 396 g/mol. The molecule has 2 amide bonds. The summed E-state index contributed by atoms with van der Waals surface area (Å²) in [6.45, 7) is 4.87. The van der Waals surface area contributed by atoms with Crippen LogP contribution in [-0.2, 0) is 22.6 Å². The second-order valence-corrected chi connectivity index (χ2v) is 7.38. The van der Waals surface area contributed by atoms with Gasteiger partial charge in [-0.15, -0.1) is 0 Å². The molecule has 0 bridgehead atoms. The van der Waals surface area contributed by atoms with Crippen molar-refractivity contribution in [3.8, 4) is 17.2 Å². The lowest BCUT2D eigenvalue weighted by Crippen LogP contribution is -2.49. The molecular formula is C24H30N2O5. The third-order valence-electron chi connectivity index (χ3n) is 5.29. The highest BCUT2D eigenvalue weighted by atomic mass is 16.7. The zero-order valence-electron chi connectivity index (χ0n) is 18.3. The second-order valence-electron chi connectivity index (χ2n) is 7.38. The van der Waals surface area contributed by atoms with Crippen LogP contribution >= 0.6 is 0 Å². The number of nitrogens with one attached hydrogen (secondary N) is 1. The maximum Gasteiger partial charge on any atom is 0.242 e. The molecule has 0 fully saturated rings. The van der Waals surface area contributed by atoms with Crippen molar-refractivity contribution in [1.29, 1.82) is 0 Å². The number of likely N-dealkylation sites (N-methyl/N-ethyl adjacent to an activating group) is 1. The lowest BCUT2D eigenvalue weighted by atomic mass is 10.1. The van der Waals surface area contributed by atoms with Crippen molar-refractivity contribution in [2.45, 2.75) is 45.7 Å². The number of carbonyl (C=O) groups is 2. The summed E-state index contributed by atoms with van der Waals surface area (Å²) in [4.78, 5) is 27.6. The van der Waals surface area contributed by atoms with Gasteiger partial charge in [0.1, 0.15) is 11.8 Å². The molecule has 1 aliphatic rings. The zero-order chi connectivity index (χ0) is 22.2. The fourth-order valence-corrected chi connectivity index (χ4v) is 3.67. The first-order valence-corrected chi connectivity index (χ1v) is 10.6. The fourth-order valence-electron chi connectivity index (χ4n) is 3.67. The number of fused-ring (bicyclic) bond motifs is 1. The average Bonchev–Trinajstić information content (AvgIpc) is 3.25. The predicted molar refractivity (Wildman–Crippen MR) is 117 cm³/mol. The molecule has 31 heavy (non-hydrogen) atoms. The van der Waals surface area contributed by atoms with Crippen molar-refractivity contribution in [1.82, 2.24) is 10.2 Å². The maximum atomic E-state index is 13.3. The molecule has 1 atom stereocenters. The smallest absolute Gasteiger partial charge is 0.242 e. The molecule has 7 nitrogen and oxygen atoms in total. The van der Waals surface area contributed by atoms with E-state index in [2.05, 4.69) is 5.32 Å². The highest BCUT2D eigenvalue weighted by Gasteiger charge is 2.28. The van der Waals surface area contributed by atoms with Crippen molar-refractivity contribution in [2.75, 3.05) is 20.4 Å². The summed E-state index contributed by atoms with van der Waals surface area (Å²) in [5.74, 6) is 1.93. The molecule has 0 saturated carbocycles. The molecule has 3 rings (SSSR count). The molecule has 1 N–H and O–H groups in total. The third-order valence-corrected chi connectivity index (χ3v) is 5.29. The van der Waals surface area contributed by atoms with Crippen LogP contribution in [0, 0.1) is 0 Å². The van der Waals surface area contributed by atoms with Crippen molar-refractivity contribution < 1.29 is 23.8 Å². The minimum atomic E-state index is -0.532. The number of hydrogen-bond acceptors (Lipinski definition) is 5. The van der Waals surface area contributed by atoms with E-state index in [1.807, 2.05) is 56.3 Å². The molecule has 0 saturated heterocycles. The molecule has 2 aromatic rings. The molecule has 0 spiro atoms. The zero-order valence-corrected chi connectivity index (χ0v) is 18.3. The SMILES string of the molecule is CCNC(=O)[C@@H](CC)N(Cc1cccc(OC)c1)C(=O)CCc1ccc2c(c1)OCO2. The summed E-state index contributed by atoms with van der Waals surface area (Å²) >= 11 is 0. The van der Waals surface area contributed by atoms with E-state index < -0.39 is 6.04 Å². The van der Waals surface area contributed by atoms with E-state index in [4.69, 9.17) is 14.2 Å². The number of carbonyl (C=O) groups excluding carboxylic acids is 2. The van der Waals surface area contributed by atoms with E-state index in [1.165, 1.54) is 0 Å². The van der Waals surface area contributed by atoms with Crippen molar-refractivity contribution in [3.63, 3.8) is 0 Å². The number of rotatable bonds is 10. The van der Waals surface area contributed by atoms with E-state index in [0.717, 1.165) is 22.6 Å². The van der Waals surface area contributed by atoms with Crippen LogP contribution in [0.5, 0.6) is 17.2 Å². The Bertz CT molecular complexity index is 915. The Hall–Kier alpha value is -3.22. The minimum absolute atomic E-state index is 0.0708. The van der Waals surface area contributed by atoms with Gasteiger partial charge in [0.25, 0.3) is 0 Å². The molecule has 1 aliphatic heterocycles. The van der Waals surface area contributed by atoms with Gasteiger partial charge in [-0.3, -0.25) is 9.59 Å². The number of aryl methyl sites for hydroxylation is 1. The molecule has 166 valence electrons. The molecule has 7 heteroatoms. The van der Waals surface area contributed by atoms with Crippen LogP contribution in [-0.4, -0.2) is 43.2 Å². The average molecular weight is 427 g/mol. The van der Waals surface area contributed by atoms with Gasteiger partial charge in [-0.2, -0.15) is 0 Å². The third kappa shape index (κ3) is 5.69. The first kappa shape index (κ1) is 22.5. The number of ether oxygens (including phenoxy) is 3. The monoisotopic (exact) mass is 426 g/mol. The normalized spacial score (nSPS) is 12.9. The van der Waals surface area contributed by atoms with Crippen LogP contribution in [0.3, 0.4) is 0 Å². The number of amides is 2. The van der Waals surface area contributed by atoms with Gasteiger partial charge in [-0.25, -0.2) is 0 Å². The topological polar surface area (TPSA) is 77.1 Å². The molecule has 2 aromatic carbocycles. The Morgan fingerprint density at radius 2 is 1.90 bits per heavy atom. The number of methoxy groups -OCH3 is 1. The van der Waals surface area contributed by atoms with Crippen molar-refractivity contribution >= 4 is 11.8 Å². The molecule has 0 unspecified atom stereocenters. The Morgan fingerprint density at radius 3 is 2.65 bits per heavy atom. The summed E-state index contributed by atoms with van der Waals surface area (Å²) in [5, 5.41) is 2.85. The Balaban J connectivity index is 1.76. The van der Waals surface area contributed by atoms with Gasteiger partial charge < -0.3 is 24.4 Å². The first-order valence-electron chi connectivity index (χ1n) is 10.6. The number of hydrogen-bond donors (Lipinski definition) is 1. The summed E-state index contributed by atoms with van der Waals surface area (Å²) < 4.78 is 16.1. The predicted octanol–water partition coefficient (Wildman–Crippen LogP) is 3.30. The van der Waals surface area contributed by atoms with Crippen LogP contribution in [0.1, 0.15) is 37.8 Å². The summed E-state index contributed by atoms with van der Waals surface area (Å²) in [6, 6.07) is 12.7. The molecule has 0 aliphatic carbocycles. The van der Waals surface area contributed by atoms with Crippen LogP contribution in [0.4, 0.5) is 0 Å².